The molecule has 1 unspecified atom stereocenters. The second-order valence-electron chi connectivity index (χ2n) is 5.16. The largest absolute Gasteiger partial charge is 0.344 e. The van der Waals surface area contributed by atoms with Crippen LogP contribution in [0.25, 0.3) is 0 Å². The number of benzene rings is 1. The average molecular weight is 369 g/mol. The quantitative estimate of drug-likeness (QED) is 0.790. The number of amides is 1. The van der Waals surface area contributed by atoms with Gasteiger partial charge in [-0.1, -0.05) is 23.7 Å². The van der Waals surface area contributed by atoms with Crippen LogP contribution in [0.15, 0.2) is 24.3 Å². The van der Waals surface area contributed by atoms with E-state index in [4.69, 9.17) is 17.3 Å². The molecule has 0 bridgehead atoms. The fourth-order valence-electron chi connectivity index (χ4n) is 1.81. The smallest absolute Gasteiger partial charge is 0.239 e. The molecule has 1 rings (SSSR count). The molecule has 0 saturated heterocycles. The minimum Gasteiger partial charge on any atom is -0.344 e. The second-order valence-corrected chi connectivity index (χ2v) is 7.86. The Kier molecular flexibility index (Phi) is 9.00. The molecule has 0 aliphatic carbocycles. The first-order valence-electron chi connectivity index (χ1n) is 6.62. The first-order chi connectivity index (χ1) is 9.69. The maximum absolute atomic E-state index is 12.0. The molecular formula is C14H22Cl2N2O3S. The van der Waals surface area contributed by atoms with Crippen molar-refractivity contribution < 1.29 is 13.2 Å². The highest BCUT2D eigenvalue weighted by Gasteiger charge is 2.19. The molecule has 0 spiro atoms. The van der Waals surface area contributed by atoms with Gasteiger partial charge in [-0.05, 0) is 30.5 Å². The van der Waals surface area contributed by atoms with Crippen molar-refractivity contribution in [1.82, 2.24) is 4.90 Å². The minimum atomic E-state index is -3.10. The molecule has 0 aliphatic rings. The Morgan fingerprint density at radius 1 is 1.32 bits per heavy atom. The van der Waals surface area contributed by atoms with E-state index in [1.54, 1.807) is 19.2 Å². The van der Waals surface area contributed by atoms with Gasteiger partial charge >= 0.3 is 0 Å². The van der Waals surface area contributed by atoms with Gasteiger partial charge in [0.2, 0.25) is 5.91 Å². The summed E-state index contributed by atoms with van der Waals surface area (Å²) in [5, 5.41) is 0.672. The molecule has 8 heteroatoms. The lowest BCUT2D eigenvalue weighted by atomic mass is 10.1. The van der Waals surface area contributed by atoms with E-state index in [1.807, 2.05) is 12.1 Å². The molecule has 1 atom stereocenters. The van der Waals surface area contributed by atoms with Gasteiger partial charge in [0.15, 0.2) is 0 Å². The van der Waals surface area contributed by atoms with E-state index >= 15 is 0 Å². The minimum absolute atomic E-state index is 0. The van der Waals surface area contributed by atoms with Gasteiger partial charge in [0, 0.05) is 24.9 Å². The van der Waals surface area contributed by atoms with Crippen molar-refractivity contribution in [3.05, 3.63) is 34.9 Å². The van der Waals surface area contributed by atoms with E-state index in [0.717, 1.165) is 11.8 Å². The summed E-state index contributed by atoms with van der Waals surface area (Å²) in [6.07, 6.45) is 1.97. The molecule has 5 nitrogen and oxygen atoms in total. The third kappa shape index (κ3) is 7.98. The highest BCUT2D eigenvalue weighted by atomic mass is 35.5. The van der Waals surface area contributed by atoms with Gasteiger partial charge in [-0.3, -0.25) is 4.79 Å². The third-order valence-electron chi connectivity index (χ3n) is 3.14. The fraction of sp³-hybridized carbons (Fsp3) is 0.500. The molecule has 0 aromatic heterocycles. The SMILES string of the molecule is CN(CCc1ccc(Cl)cc1)C(=O)C(N)CCS(C)(=O)=O.Cl. The van der Waals surface area contributed by atoms with Crippen molar-refractivity contribution in [2.45, 2.75) is 18.9 Å². The molecule has 0 fully saturated rings. The number of sulfone groups is 1. The van der Waals surface area contributed by atoms with Crippen LogP contribution in [0.4, 0.5) is 0 Å². The summed E-state index contributed by atoms with van der Waals surface area (Å²) in [5.74, 6) is -0.321. The van der Waals surface area contributed by atoms with Crippen LogP contribution in [0, 0.1) is 0 Å². The summed E-state index contributed by atoms with van der Waals surface area (Å²) in [7, 11) is -1.44. The standard InChI is InChI=1S/C14H21ClN2O3S.ClH/c1-17(9-7-11-3-5-12(15)6-4-11)14(18)13(16)8-10-21(2,19)20;/h3-6,13H,7-10,16H2,1-2H3;1H. The molecule has 0 saturated carbocycles. The van der Waals surface area contributed by atoms with E-state index in [0.29, 0.717) is 18.0 Å². The van der Waals surface area contributed by atoms with Gasteiger partial charge in [0.1, 0.15) is 9.84 Å². The first kappa shape index (κ1) is 21.2. The van der Waals surface area contributed by atoms with Gasteiger partial charge in [-0.15, -0.1) is 12.4 Å². The van der Waals surface area contributed by atoms with Crippen molar-refractivity contribution in [3.8, 4) is 0 Å². The fourth-order valence-corrected chi connectivity index (χ4v) is 2.61. The van der Waals surface area contributed by atoms with Crippen molar-refractivity contribution in [2.24, 2.45) is 5.73 Å². The number of nitrogens with two attached hydrogens (primary N) is 1. The molecular weight excluding hydrogens is 347 g/mol. The van der Waals surface area contributed by atoms with E-state index in [2.05, 4.69) is 0 Å². The Labute approximate surface area is 143 Å². The number of hydrogen-bond acceptors (Lipinski definition) is 4. The molecule has 2 N–H and O–H groups in total. The van der Waals surface area contributed by atoms with Crippen LogP contribution in [0.3, 0.4) is 0 Å². The lowest BCUT2D eigenvalue weighted by Gasteiger charge is -2.21. The Hall–Kier alpha value is -0.820. The van der Waals surface area contributed by atoms with Gasteiger partial charge in [-0.2, -0.15) is 0 Å². The van der Waals surface area contributed by atoms with Gasteiger partial charge in [0.25, 0.3) is 0 Å². The molecule has 1 aromatic carbocycles. The summed E-state index contributed by atoms with van der Waals surface area (Å²) in [6, 6.07) is 6.64. The molecule has 1 amide bonds. The Morgan fingerprint density at radius 2 is 1.86 bits per heavy atom. The molecule has 1 aromatic rings. The zero-order valence-electron chi connectivity index (χ0n) is 12.7. The Bertz CT molecular complexity index is 576. The number of likely N-dealkylation sites (N-methyl/N-ethyl adjacent to an activating group) is 1. The summed E-state index contributed by atoms with van der Waals surface area (Å²) < 4.78 is 22.2. The Morgan fingerprint density at radius 3 is 2.36 bits per heavy atom. The lowest BCUT2D eigenvalue weighted by molar-refractivity contribution is -0.131. The van der Waals surface area contributed by atoms with Crippen LogP contribution in [-0.4, -0.2) is 50.9 Å². The topological polar surface area (TPSA) is 80.5 Å². The van der Waals surface area contributed by atoms with Crippen LogP contribution in [-0.2, 0) is 21.1 Å². The van der Waals surface area contributed by atoms with E-state index < -0.39 is 15.9 Å². The monoisotopic (exact) mass is 368 g/mol. The van der Waals surface area contributed by atoms with Crippen molar-refractivity contribution in [2.75, 3.05) is 25.6 Å². The van der Waals surface area contributed by atoms with Crippen molar-refractivity contribution in [1.29, 1.82) is 0 Å². The summed E-state index contributed by atoms with van der Waals surface area (Å²) in [6.45, 7) is 0.521. The third-order valence-corrected chi connectivity index (χ3v) is 4.37. The molecule has 126 valence electrons. The van der Waals surface area contributed by atoms with E-state index in [-0.39, 0.29) is 30.5 Å². The zero-order valence-corrected chi connectivity index (χ0v) is 15.0. The highest BCUT2D eigenvalue weighted by molar-refractivity contribution is 7.90. The maximum atomic E-state index is 12.0. The normalized spacial score (nSPS) is 12.4. The Balaban J connectivity index is 0.00000441. The number of carbonyl (C=O) groups is 1. The summed E-state index contributed by atoms with van der Waals surface area (Å²) >= 11 is 5.81. The highest BCUT2D eigenvalue weighted by Crippen LogP contribution is 2.10. The van der Waals surface area contributed by atoms with Gasteiger partial charge in [0.05, 0.1) is 11.8 Å². The summed E-state index contributed by atoms with van der Waals surface area (Å²) in [5.41, 5.74) is 6.81. The first-order valence-corrected chi connectivity index (χ1v) is 9.05. The number of rotatable bonds is 7. The summed E-state index contributed by atoms with van der Waals surface area (Å²) in [4.78, 5) is 13.5. The van der Waals surface area contributed by atoms with Gasteiger partial charge < -0.3 is 10.6 Å². The van der Waals surface area contributed by atoms with Crippen LogP contribution in [0.5, 0.6) is 0 Å². The van der Waals surface area contributed by atoms with Crippen LogP contribution in [0.2, 0.25) is 5.02 Å². The molecule has 0 heterocycles. The second kappa shape index (κ2) is 9.35. The number of carbonyl (C=O) groups excluding carboxylic acids is 1. The predicted octanol–water partition coefficient (Wildman–Crippen LogP) is 1.52. The predicted molar refractivity (Wildman–Crippen MR) is 92.3 cm³/mol. The van der Waals surface area contributed by atoms with Crippen molar-refractivity contribution in [3.63, 3.8) is 0 Å². The van der Waals surface area contributed by atoms with E-state index in [1.165, 1.54) is 4.90 Å². The van der Waals surface area contributed by atoms with Crippen LogP contribution < -0.4 is 5.73 Å². The zero-order chi connectivity index (χ0) is 16.0. The van der Waals surface area contributed by atoms with Crippen LogP contribution in [0.1, 0.15) is 12.0 Å². The van der Waals surface area contributed by atoms with Gasteiger partial charge in [-0.25, -0.2) is 8.42 Å². The van der Waals surface area contributed by atoms with E-state index in [9.17, 15) is 13.2 Å². The average Bonchev–Trinajstić information content (AvgIpc) is 2.42. The number of hydrogen-bond donors (Lipinski definition) is 1. The molecule has 22 heavy (non-hydrogen) atoms. The molecule has 0 radical (unpaired) electrons. The lowest BCUT2D eigenvalue weighted by Crippen LogP contribution is -2.43. The molecule has 0 aliphatic heterocycles. The maximum Gasteiger partial charge on any atom is 0.239 e. The van der Waals surface area contributed by atoms with Crippen LogP contribution >= 0.6 is 24.0 Å². The number of nitrogens with zero attached hydrogens (tertiary/aromatic N) is 1. The van der Waals surface area contributed by atoms with Crippen molar-refractivity contribution >= 4 is 39.8 Å². The number of halogens is 2.